The van der Waals surface area contributed by atoms with Gasteiger partial charge < -0.3 is 13.9 Å². The number of furan rings is 1. The largest absolute Gasteiger partial charge is 0.454 e. The molecule has 0 bridgehead atoms. The Hall–Kier alpha value is -6.32. The number of nitrogens with zero attached hydrogens (tertiary/aromatic N) is 2. The lowest BCUT2D eigenvalue weighted by Crippen LogP contribution is -2.10. The first-order valence-corrected chi connectivity index (χ1v) is 17.0. The Morgan fingerprint density at radius 2 is 1.31 bits per heavy atom. The topological polar surface area (TPSA) is 21.3 Å². The van der Waals surface area contributed by atoms with Gasteiger partial charge in [0.2, 0.25) is 0 Å². The Kier molecular flexibility index (Phi) is 6.31. The first-order chi connectivity index (χ1) is 24.3. The molecule has 1 aliphatic rings. The van der Waals surface area contributed by atoms with Crippen LogP contribution in [0.4, 0.5) is 17.1 Å². The molecular formula is C46H32N2O. The summed E-state index contributed by atoms with van der Waals surface area (Å²) in [7, 11) is 0. The average molecular weight is 629 g/mol. The fourth-order valence-corrected chi connectivity index (χ4v) is 7.73. The van der Waals surface area contributed by atoms with Crippen LogP contribution in [0.15, 0.2) is 168 Å². The minimum Gasteiger partial charge on any atom is -0.454 e. The Morgan fingerprint density at radius 1 is 0.551 bits per heavy atom. The Bertz CT molecular complexity index is 2710. The van der Waals surface area contributed by atoms with Crippen molar-refractivity contribution in [3.8, 4) is 16.8 Å². The van der Waals surface area contributed by atoms with Crippen LogP contribution in [0.2, 0.25) is 0 Å². The molecule has 0 fully saturated rings. The maximum Gasteiger partial charge on any atom is 0.159 e. The number of hydrogen-bond donors (Lipinski definition) is 0. The Morgan fingerprint density at radius 3 is 2.20 bits per heavy atom. The molecule has 0 N–H and O–H groups in total. The molecule has 0 atom stereocenters. The predicted molar refractivity (Wildman–Crippen MR) is 206 cm³/mol. The maximum atomic E-state index is 6.56. The first kappa shape index (κ1) is 27.8. The highest BCUT2D eigenvalue weighted by molar-refractivity contribution is 6.10. The molecule has 7 aromatic carbocycles. The van der Waals surface area contributed by atoms with Gasteiger partial charge >= 0.3 is 0 Å². The van der Waals surface area contributed by atoms with E-state index in [4.69, 9.17) is 4.42 Å². The highest BCUT2D eigenvalue weighted by Gasteiger charge is 2.21. The predicted octanol–water partition coefficient (Wildman–Crippen LogP) is 12.8. The SMILES string of the molecule is C1=Cc2c(n(-c3ccccc3)c3ccc(-c4ccc(N(c5ccc6ccccc6c5)c5cccc6c5oc5ccccc56)cc4)cc23)CC1. The van der Waals surface area contributed by atoms with Crippen molar-refractivity contribution in [3.63, 3.8) is 0 Å². The van der Waals surface area contributed by atoms with E-state index in [-0.39, 0.29) is 0 Å². The molecule has 0 amide bonds. The molecule has 0 spiro atoms. The summed E-state index contributed by atoms with van der Waals surface area (Å²) in [6, 6.07) is 56.6. The maximum absolute atomic E-state index is 6.56. The smallest absolute Gasteiger partial charge is 0.159 e. The molecule has 49 heavy (non-hydrogen) atoms. The zero-order chi connectivity index (χ0) is 32.3. The number of fused-ring (bicyclic) bond motifs is 7. The average Bonchev–Trinajstić information content (AvgIpc) is 3.72. The Balaban J connectivity index is 1.11. The van der Waals surface area contributed by atoms with Crippen molar-refractivity contribution in [2.24, 2.45) is 0 Å². The fraction of sp³-hybridized carbons (Fsp3) is 0.0435. The third kappa shape index (κ3) is 4.51. The molecule has 0 aliphatic heterocycles. The van der Waals surface area contributed by atoms with E-state index in [0.29, 0.717) is 0 Å². The van der Waals surface area contributed by atoms with Gasteiger partial charge in [-0.05, 0) is 95.4 Å². The zero-order valence-electron chi connectivity index (χ0n) is 26.9. The molecule has 2 aromatic heterocycles. The molecule has 0 unspecified atom stereocenters. The molecule has 0 saturated heterocycles. The van der Waals surface area contributed by atoms with Crippen LogP contribution in [-0.4, -0.2) is 4.57 Å². The van der Waals surface area contributed by atoms with E-state index >= 15 is 0 Å². The van der Waals surface area contributed by atoms with Crippen LogP contribution >= 0.6 is 0 Å². The van der Waals surface area contributed by atoms with E-state index in [9.17, 15) is 0 Å². The summed E-state index contributed by atoms with van der Waals surface area (Å²) in [6.45, 7) is 0. The van der Waals surface area contributed by atoms with Gasteiger partial charge in [0.25, 0.3) is 0 Å². The van der Waals surface area contributed by atoms with Crippen molar-refractivity contribution in [2.45, 2.75) is 12.8 Å². The summed E-state index contributed by atoms with van der Waals surface area (Å²) < 4.78 is 9.00. The van der Waals surface area contributed by atoms with Crippen LogP contribution in [0.3, 0.4) is 0 Å². The summed E-state index contributed by atoms with van der Waals surface area (Å²) in [6.07, 6.45) is 6.73. The van der Waals surface area contributed by atoms with E-state index in [1.807, 2.05) is 12.1 Å². The number of aromatic nitrogens is 1. The zero-order valence-corrected chi connectivity index (χ0v) is 26.9. The monoisotopic (exact) mass is 628 g/mol. The quantitative estimate of drug-likeness (QED) is 0.189. The van der Waals surface area contributed by atoms with Gasteiger partial charge in [0.15, 0.2) is 5.58 Å². The van der Waals surface area contributed by atoms with E-state index in [1.54, 1.807) is 0 Å². The summed E-state index contributed by atoms with van der Waals surface area (Å²) in [5.41, 5.74) is 12.5. The molecule has 10 rings (SSSR count). The highest BCUT2D eigenvalue weighted by atomic mass is 16.3. The summed E-state index contributed by atoms with van der Waals surface area (Å²) in [4.78, 5) is 2.32. The minimum atomic E-state index is 0.882. The summed E-state index contributed by atoms with van der Waals surface area (Å²) in [5.74, 6) is 0. The van der Waals surface area contributed by atoms with Crippen LogP contribution in [0, 0.1) is 0 Å². The van der Waals surface area contributed by atoms with Crippen LogP contribution in [0.1, 0.15) is 17.7 Å². The second-order valence-electron chi connectivity index (χ2n) is 12.9. The minimum absolute atomic E-state index is 0.882. The lowest BCUT2D eigenvalue weighted by atomic mass is 9.98. The molecule has 0 saturated carbocycles. The second-order valence-corrected chi connectivity index (χ2v) is 12.9. The van der Waals surface area contributed by atoms with Crippen molar-refractivity contribution in [1.82, 2.24) is 4.57 Å². The lowest BCUT2D eigenvalue weighted by Gasteiger charge is -2.26. The molecule has 1 aliphatic carbocycles. The molecule has 3 heteroatoms. The first-order valence-electron chi connectivity index (χ1n) is 17.0. The van der Waals surface area contributed by atoms with E-state index < -0.39 is 0 Å². The summed E-state index contributed by atoms with van der Waals surface area (Å²) in [5, 5.41) is 5.96. The number of anilines is 3. The van der Waals surface area contributed by atoms with Crippen LogP contribution in [0.25, 0.3) is 66.5 Å². The van der Waals surface area contributed by atoms with Crippen LogP contribution < -0.4 is 4.90 Å². The number of para-hydroxylation sites is 3. The van der Waals surface area contributed by atoms with E-state index in [0.717, 1.165) is 51.8 Å². The van der Waals surface area contributed by atoms with E-state index in [2.05, 4.69) is 167 Å². The van der Waals surface area contributed by atoms with Crippen molar-refractivity contribution >= 4 is 66.8 Å². The van der Waals surface area contributed by atoms with Crippen molar-refractivity contribution in [1.29, 1.82) is 0 Å². The standard InChI is InChI=1S/C46H32N2O/c1-2-13-35(14-3-1)48-42-18-8-6-15-38(42)41-30-34(24-28-43(41)48)32-21-25-36(26-22-32)47(37-27-23-31-11-4-5-12-33(31)29-37)44-19-10-17-40-39-16-7-9-20-45(39)49-46(40)44/h1-7,9-17,19-30H,8,18H2. The normalized spacial score (nSPS) is 12.7. The van der Waals surface area contributed by atoms with Crippen LogP contribution in [-0.2, 0) is 6.42 Å². The third-order valence-corrected chi connectivity index (χ3v) is 10.0. The number of allylic oxidation sites excluding steroid dienone is 1. The lowest BCUT2D eigenvalue weighted by molar-refractivity contribution is 0.669. The van der Waals surface area contributed by atoms with Gasteiger partial charge in [0, 0.05) is 44.5 Å². The number of benzene rings is 7. The molecule has 0 radical (unpaired) electrons. The van der Waals surface area contributed by atoms with Crippen molar-refractivity contribution in [2.75, 3.05) is 4.90 Å². The molecule has 9 aromatic rings. The fourth-order valence-electron chi connectivity index (χ4n) is 7.73. The highest BCUT2D eigenvalue weighted by Crippen LogP contribution is 2.43. The van der Waals surface area contributed by atoms with Gasteiger partial charge in [-0.3, -0.25) is 0 Å². The molecule has 3 nitrogen and oxygen atoms in total. The number of rotatable bonds is 5. The van der Waals surface area contributed by atoms with Crippen LogP contribution in [0.5, 0.6) is 0 Å². The third-order valence-electron chi connectivity index (χ3n) is 10.0. The van der Waals surface area contributed by atoms with Crippen molar-refractivity contribution in [3.05, 3.63) is 175 Å². The van der Waals surface area contributed by atoms with E-state index in [1.165, 1.54) is 49.7 Å². The van der Waals surface area contributed by atoms with Gasteiger partial charge in [-0.15, -0.1) is 0 Å². The van der Waals surface area contributed by atoms with Gasteiger partial charge in [0.1, 0.15) is 5.58 Å². The number of hydrogen-bond acceptors (Lipinski definition) is 2. The second kappa shape index (κ2) is 11.1. The Labute approximate surface area is 284 Å². The van der Waals surface area contributed by atoms with Gasteiger partial charge in [0.05, 0.1) is 11.2 Å². The summed E-state index contributed by atoms with van der Waals surface area (Å²) >= 11 is 0. The van der Waals surface area contributed by atoms with Gasteiger partial charge in [-0.1, -0.05) is 109 Å². The molecular weight excluding hydrogens is 597 g/mol. The molecule has 232 valence electrons. The van der Waals surface area contributed by atoms with Gasteiger partial charge in [-0.25, -0.2) is 0 Å². The molecule has 2 heterocycles. The van der Waals surface area contributed by atoms with Crippen molar-refractivity contribution < 1.29 is 4.42 Å². The van der Waals surface area contributed by atoms with Gasteiger partial charge in [-0.2, -0.15) is 0 Å².